The van der Waals surface area contributed by atoms with Gasteiger partial charge >= 0.3 is 0 Å². The van der Waals surface area contributed by atoms with Gasteiger partial charge in [-0.3, -0.25) is 9.78 Å². The van der Waals surface area contributed by atoms with Gasteiger partial charge in [0.05, 0.1) is 11.0 Å². The Morgan fingerprint density at radius 2 is 1.38 bits per heavy atom. The second kappa shape index (κ2) is 17.7. The normalized spacial score (nSPS) is 11.3. The molecule has 5 nitrogen and oxygen atoms in total. The summed E-state index contributed by atoms with van der Waals surface area (Å²) in [5, 5.41) is 2.98. The number of nitrogens with zero attached hydrogens (tertiary/aromatic N) is 3. The first-order chi connectivity index (χ1) is 18.3. The Kier molecular flexibility index (Phi) is 13.8. The molecule has 0 aliphatic rings. The summed E-state index contributed by atoms with van der Waals surface area (Å²) in [5.41, 5.74) is 2.76. The number of amides is 1. The summed E-state index contributed by atoms with van der Waals surface area (Å²) in [6.07, 6.45) is 22.7. The van der Waals surface area contributed by atoms with Gasteiger partial charge in [0.25, 0.3) is 5.91 Å². The number of carbonyl (C=O) groups is 1. The Morgan fingerprint density at radius 1 is 0.757 bits per heavy atom. The van der Waals surface area contributed by atoms with E-state index in [0.717, 1.165) is 30.7 Å². The molecule has 0 saturated carbocycles. The van der Waals surface area contributed by atoms with E-state index in [9.17, 15) is 4.79 Å². The van der Waals surface area contributed by atoms with Crippen LogP contribution in [0.3, 0.4) is 0 Å². The molecule has 2 heterocycles. The van der Waals surface area contributed by atoms with E-state index >= 15 is 0 Å². The largest absolute Gasteiger partial charge is 0.351 e. The van der Waals surface area contributed by atoms with Crippen LogP contribution in [0.4, 0.5) is 0 Å². The van der Waals surface area contributed by atoms with Gasteiger partial charge in [0, 0.05) is 25.7 Å². The number of benzene rings is 1. The zero-order valence-electron chi connectivity index (χ0n) is 23.1. The monoisotopic (exact) mass is 504 g/mol. The van der Waals surface area contributed by atoms with Gasteiger partial charge < -0.3 is 9.88 Å². The number of rotatable bonds is 20. The predicted molar refractivity (Wildman–Crippen MR) is 155 cm³/mol. The van der Waals surface area contributed by atoms with Crippen molar-refractivity contribution in [2.45, 2.75) is 116 Å². The molecule has 0 unspecified atom stereocenters. The second-order valence-electron chi connectivity index (χ2n) is 10.3. The summed E-state index contributed by atoms with van der Waals surface area (Å²) < 4.78 is 2.40. The smallest absolute Gasteiger partial charge is 0.269 e. The van der Waals surface area contributed by atoms with Crippen LogP contribution in [-0.4, -0.2) is 27.0 Å². The standard InChI is InChI=1S/C32H48N4O/c1-2-3-4-5-6-7-8-9-10-11-12-13-14-19-27-36-30-23-16-15-21-28(30)35-31(36)24-20-26-34-32(37)29-22-17-18-25-33-29/h15-18,21-23,25H,2-14,19-20,24,26-27H2,1H3,(H,34,37). The van der Waals surface area contributed by atoms with Crippen LogP contribution in [-0.2, 0) is 13.0 Å². The molecule has 0 aliphatic heterocycles. The fourth-order valence-corrected chi connectivity index (χ4v) is 5.07. The number of hydrogen-bond acceptors (Lipinski definition) is 3. The highest BCUT2D eigenvalue weighted by Gasteiger charge is 2.11. The van der Waals surface area contributed by atoms with Gasteiger partial charge in [-0.15, -0.1) is 0 Å². The van der Waals surface area contributed by atoms with Crippen molar-refractivity contribution in [3.63, 3.8) is 0 Å². The van der Waals surface area contributed by atoms with Gasteiger partial charge in [0.2, 0.25) is 0 Å². The van der Waals surface area contributed by atoms with Gasteiger partial charge in [-0.1, -0.05) is 109 Å². The molecule has 0 radical (unpaired) electrons. The summed E-state index contributed by atoms with van der Waals surface area (Å²) in [5.74, 6) is 1.01. The van der Waals surface area contributed by atoms with Crippen molar-refractivity contribution < 1.29 is 4.79 Å². The second-order valence-corrected chi connectivity index (χ2v) is 10.3. The number of imidazole rings is 1. The Labute approximate surface area is 224 Å². The number of aromatic nitrogens is 3. The van der Waals surface area contributed by atoms with Crippen molar-refractivity contribution in [3.8, 4) is 0 Å². The molecule has 0 bridgehead atoms. The zero-order valence-corrected chi connectivity index (χ0v) is 23.1. The van der Waals surface area contributed by atoms with Crippen molar-refractivity contribution in [2.75, 3.05) is 6.54 Å². The van der Waals surface area contributed by atoms with Crippen LogP contribution >= 0.6 is 0 Å². The van der Waals surface area contributed by atoms with E-state index in [1.807, 2.05) is 12.1 Å². The molecule has 3 aromatic rings. The van der Waals surface area contributed by atoms with Crippen LogP contribution in [0.1, 0.15) is 120 Å². The third-order valence-electron chi connectivity index (χ3n) is 7.23. The first-order valence-electron chi connectivity index (χ1n) is 14.9. The number of pyridine rings is 1. The fourth-order valence-electron chi connectivity index (χ4n) is 5.07. The maximum Gasteiger partial charge on any atom is 0.269 e. The fraction of sp³-hybridized carbons (Fsp3) is 0.594. The summed E-state index contributed by atoms with van der Waals surface area (Å²) >= 11 is 0. The molecule has 5 heteroatoms. The summed E-state index contributed by atoms with van der Waals surface area (Å²) in [7, 11) is 0. The molecule has 202 valence electrons. The van der Waals surface area contributed by atoms with Crippen LogP contribution in [0.2, 0.25) is 0 Å². The van der Waals surface area contributed by atoms with E-state index in [2.05, 4.69) is 46.1 Å². The predicted octanol–water partition coefficient (Wildman–Crippen LogP) is 8.28. The van der Waals surface area contributed by atoms with Gasteiger partial charge in [-0.25, -0.2) is 4.98 Å². The lowest BCUT2D eigenvalue weighted by Gasteiger charge is -2.10. The molecule has 0 atom stereocenters. The number of fused-ring (bicyclic) bond motifs is 1. The average Bonchev–Trinajstić information content (AvgIpc) is 3.29. The lowest BCUT2D eigenvalue weighted by atomic mass is 10.0. The third kappa shape index (κ3) is 10.7. The molecule has 0 aliphatic carbocycles. The van der Waals surface area contributed by atoms with Gasteiger partial charge in [-0.2, -0.15) is 0 Å². The minimum Gasteiger partial charge on any atom is -0.351 e. The molecule has 2 aromatic heterocycles. The van der Waals surface area contributed by atoms with Crippen molar-refractivity contribution in [3.05, 3.63) is 60.2 Å². The Bertz CT molecular complexity index is 1010. The molecule has 37 heavy (non-hydrogen) atoms. The van der Waals surface area contributed by atoms with Gasteiger partial charge in [0.1, 0.15) is 11.5 Å². The Hall–Kier alpha value is -2.69. The molecule has 1 aromatic carbocycles. The lowest BCUT2D eigenvalue weighted by molar-refractivity contribution is 0.0948. The number of aryl methyl sites for hydroxylation is 2. The van der Waals surface area contributed by atoms with E-state index in [0.29, 0.717) is 12.2 Å². The number of hydrogen-bond donors (Lipinski definition) is 1. The number of unbranched alkanes of at least 4 members (excludes halogenated alkanes) is 13. The number of para-hydroxylation sites is 2. The molecule has 1 N–H and O–H groups in total. The highest BCUT2D eigenvalue weighted by atomic mass is 16.1. The van der Waals surface area contributed by atoms with Crippen molar-refractivity contribution >= 4 is 16.9 Å². The zero-order chi connectivity index (χ0) is 26.0. The molecule has 0 saturated heterocycles. The molecular weight excluding hydrogens is 456 g/mol. The quantitative estimate of drug-likeness (QED) is 0.157. The van der Waals surface area contributed by atoms with Crippen LogP contribution in [0.15, 0.2) is 48.7 Å². The topological polar surface area (TPSA) is 59.8 Å². The van der Waals surface area contributed by atoms with E-state index in [4.69, 9.17) is 4.98 Å². The minimum absolute atomic E-state index is 0.114. The van der Waals surface area contributed by atoms with Crippen molar-refractivity contribution in [1.82, 2.24) is 19.9 Å². The average molecular weight is 505 g/mol. The molecule has 0 fully saturated rings. The van der Waals surface area contributed by atoms with E-state index in [1.165, 1.54) is 95.4 Å². The highest BCUT2D eigenvalue weighted by Crippen LogP contribution is 2.19. The van der Waals surface area contributed by atoms with E-state index in [-0.39, 0.29) is 5.91 Å². The van der Waals surface area contributed by atoms with Crippen molar-refractivity contribution in [2.24, 2.45) is 0 Å². The Balaban J connectivity index is 1.31. The van der Waals surface area contributed by atoms with E-state index in [1.54, 1.807) is 12.3 Å². The Morgan fingerprint density at radius 3 is 2.03 bits per heavy atom. The number of nitrogens with one attached hydrogen (secondary N) is 1. The molecule has 3 rings (SSSR count). The van der Waals surface area contributed by atoms with Crippen molar-refractivity contribution in [1.29, 1.82) is 0 Å². The van der Waals surface area contributed by atoms with Crippen LogP contribution < -0.4 is 5.32 Å². The van der Waals surface area contributed by atoms with Crippen LogP contribution in [0, 0.1) is 0 Å². The summed E-state index contributed by atoms with van der Waals surface area (Å²) in [4.78, 5) is 21.3. The van der Waals surface area contributed by atoms with Gasteiger partial charge in [0.15, 0.2) is 0 Å². The molecule has 1 amide bonds. The highest BCUT2D eigenvalue weighted by molar-refractivity contribution is 5.92. The van der Waals surface area contributed by atoms with Crippen LogP contribution in [0.5, 0.6) is 0 Å². The molecular formula is C32H48N4O. The minimum atomic E-state index is -0.114. The maximum absolute atomic E-state index is 12.2. The van der Waals surface area contributed by atoms with E-state index < -0.39 is 0 Å². The first-order valence-corrected chi connectivity index (χ1v) is 14.9. The first kappa shape index (κ1) is 28.9. The summed E-state index contributed by atoms with van der Waals surface area (Å²) in [6, 6.07) is 13.8. The number of carbonyl (C=O) groups excluding carboxylic acids is 1. The summed E-state index contributed by atoms with van der Waals surface area (Å²) in [6.45, 7) is 3.93. The van der Waals surface area contributed by atoms with Gasteiger partial charge in [-0.05, 0) is 37.1 Å². The third-order valence-corrected chi connectivity index (χ3v) is 7.23. The lowest BCUT2D eigenvalue weighted by Crippen LogP contribution is -2.25. The SMILES string of the molecule is CCCCCCCCCCCCCCCCn1c(CCCNC(=O)c2ccccn2)nc2ccccc21. The molecule has 0 spiro atoms. The van der Waals surface area contributed by atoms with Crippen LogP contribution in [0.25, 0.3) is 11.0 Å². The maximum atomic E-state index is 12.2.